The lowest BCUT2D eigenvalue weighted by Gasteiger charge is -2.05. The number of anilines is 1. The molecule has 7 heteroatoms. The molecule has 0 unspecified atom stereocenters. The lowest BCUT2D eigenvalue weighted by molar-refractivity contribution is 0.606. The van der Waals surface area contributed by atoms with Crippen LogP contribution in [0.2, 0.25) is 0 Å². The summed E-state index contributed by atoms with van der Waals surface area (Å²) in [5, 5.41) is 7.77. The highest BCUT2D eigenvalue weighted by Crippen LogP contribution is 2.15. The molecule has 0 aromatic carbocycles. The molecule has 0 fully saturated rings. The van der Waals surface area contributed by atoms with E-state index in [2.05, 4.69) is 14.9 Å². The van der Waals surface area contributed by atoms with Gasteiger partial charge in [0.2, 0.25) is 16.0 Å². The molecule has 0 aliphatic carbocycles. The van der Waals surface area contributed by atoms with Crippen LogP contribution in [0.5, 0.6) is 0 Å². The number of aromatic nitrogens is 3. The van der Waals surface area contributed by atoms with Crippen LogP contribution in [0.25, 0.3) is 5.65 Å². The van der Waals surface area contributed by atoms with E-state index >= 15 is 0 Å². The van der Waals surface area contributed by atoms with E-state index in [1.54, 1.807) is 4.40 Å². The summed E-state index contributed by atoms with van der Waals surface area (Å²) < 4.78 is 26.3. The lowest BCUT2D eigenvalue weighted by Crippen LogP contribution is -2.13. The Morgan fingerprint density at radius 2 is 1.94 bits per heavy atom. The molecule has 0 aliphatic heterocycles. The minimum Gasteiger partial charge on any atom is -0.265 e. The fourth-order valence-electron chi connectivity index (χ4n) is 1.50. The predicted molar refractivity (Wildman–Crippen MR) is 60.9 cm³/mol. The molecular formula is C9H12N4O2S. The third-order valence-corrected chi connectivity index (χ3v) is 2.77. The highest BCUT2D eigenvalue weighted by molar-refractivity contribution is 7.91. The molecule has 2 aromatic heterocycles. The van der Waals surface area contributed by atoms with Crippen molar-refractivity contribution in [2.45, 2.75) is 13.8 Å². The van der Waals surface area contributed by atoms with Gasteiger partial charge in [-0.25, -0.2) is 8.42 Å². The summed E-state index contributed by atoms with van der Waals surface area (Å²) in [5.41, 5.74) is 2.47. The highest BCUT2D eigenvalue weighted by Gasteiger charge is 2.12. The Labute approximate surface area is 93.4 Å². The summed E-state index contributed by atoms with van der Waals surface area (Å²) in [6.45, 7) is 3.76. The standard InChI is InChI=1S/C9H12N4O2S/c1-6-4-5-7(2)13-8(6)10-11-9(13)12-16(3,14)15/h4-5H,1-3H3,(H,11,12). The molecule has 0 radical (unpaired) electrons. The first kappa shape index (κ1) is 10.9. The molecule has 2 rings (SSSR count). The monoisotopic (exact) mass is 240 g/mol. The molecule has 0 atom stereocenters. The van der Waals surface area contributed by atoms with Gasteiger partial charge in [-0.3, -0.25) is 9.12 Å². The van der Waals surface area contributed by atoms with Crippen LogP contribution in [0.4, 0.5) is 5.95 Å². The van der Waals surface area contributed by atoms with Gasteiger partial charge >= 0.3 is 0 Å². The molecule has 0 saturated carbocycles. The number of nitrogens with zero attached hydrogens (tertiary/aromatic N) is 3. The molecule has 16 heavy (non-hydrogen) atoms. The van der Waals surface area contributed by atoms with Crippen molar-refractivity contribution in [1.29, 1.82) is 0 Å². The average Bonchev–Trinajstić information content (AvgIpc) is 2.54. The summed E-state index contributed by atoms with van der Waals surface area (Å²) in [6.07, 6.45) is 1.08. The van der Waals surface area contributed by atoms with E-state index in [9.17, 15) is 8.42 Å². The van der Waals surface area contributed by atoms with Crippen molar-refractivity contribution in [3.63, 3.8) is 0 Å². The second-order valence-corrected chi connectivity index (χ2v) is 5.46. The van der Waals surface area contributed by atoms with E-state index in [4.69, 9.17) is 0 Å². The van der Waals surface area contributed by atoms with E-state index in [0.29, 0.717) is 5.65 Å². The molecule has 6 nitrogen and oxygen atoms in total. The number of hydrogen-bond acceptors (Lipinski definition) is 4. The normalized spacial score (nSPS) is 11.9. The van der Waals surface area contributed by atoms with Crippen LogP contribution in [0.3, 0.4) is 0 Å². The van der Waals surface area contributed by atoms with Gasteiger partial charge in [-0.05, 0) is 25.5 Å². The maximum atomic E-state index is 11.1. The van der Waals surface area contributed by atoms with Crippen molar-refractivity contribution >= 4 is 21.6 Å². The van der Waals surface area contributed by atoms with Crippen LogP contribution in [-0.2, 0) is 10.0 Å². The summed E-state index contributed by atoms with van der Waals surface area (Å²) in [5.74, 6) is 0.221. The van der Waals surface area contributed by atoms with E-state index in [-0.39, 0.29) is 5.95 Å². The van der Waals surface area contributed by atoms with Gasteiger partial charge in [-0.2, -0.15) is 0 Å². The fraction of sp³-hybridized carbons (Fsp3) is 0.333. The van der Waals surface area contributed by atoms with Crippen molar-refractivity contribution < 1.29 is 8.42 Å². The minimum absolute atomic E-state index is 0.221. The summed E-state index contributed by atoms with van der Waals surface area (Å²) in [7, 11) is -3.34. The largest absolute Gasteiger partial charge is 0.265 e. The SMILES string of the molecule is Cc1ccc(C)n2c(NS(C)(=O)=O)nnc12. The van der Waals surface area contributed by atoms with Crippen LogP contribution < -0.4 is 4.72 Å². The quantitative estimate of drug-likeness (QED) is 0.839. The number of fused-ring (bicyclic) bond motifs is 1. The molecule has 2 heterocycles. The number of pyridine rings is 1. The fourth-order valence-corrected chi connectivity index (χ4v) is 1.96. The smallest absolute Gasteiger partial charge is 0.242 e. The maximum Gasteiger partial charge on any atom is 0.242 e. The highest BCUT2D eigenvalue weighted by atomic mass is 32.2. The Hall–Kier alpha value is -1.63. The Balaban J connectivity index is 2.69. The number of rotatable bonds is 2. The number of aryl methyl sites for hydroxylation is 2. The van der Waals surface area contributed by atoms with Gasteiger partial charge in [0.25, 0.3) is 0 Å². The zero-order valence-electron chi connectivity index (χ0n) is 9.22. The molecule has 1 N–H and O–H groups in total. The van der Waals surface area contributed by atoms with Crippen LogP contribution >= 0.6 is 0 Å². The topological polar surface area (TPSA) is 76.4 Å². The van der Waals surface area contributed by atoms with Gasteiger partial charge in [0.15, 0.2) is 5.65 Å². The van der Waals surface area contributed by atoms with Crippen LogP contribution in [0, 0.1) is 13.8 Å². The summed E-state index contributed by atoms with van der Waals surface area (Å²) in [6, 6.07) is 3.81. The second kappa shape index (κ2) is 3.44. The third kappa shape index (κ3) is 1.85. The van der Waals surface area contributed by atoms with Gasteiger partial charge < -0.3 is 0 Å². The van der Waals surface area contributed by atoms with Crippen molar-refractivity contribution in [3.05, 3.63) is 23.4 Å². The maximum absolute atomic E-state index is 11.1. The Morgan fingerprint density at radius 1 is 1.25 bits per heavy atom. The molecule has 0 aliphatic rings. The zero-order chi connectivity index (χ0) is 11.9. The first-order chi connectivity index (χ1) is 7.38. The van der Waals surface area contributed by atoms with Crippen molar-refractivity contribution in [2.24, 2.45) is 0 Å². The third-order valence-electron chi connectivity index (χ3n) is 2.22. The van der Waals surface area contributed by atoms with E-state index in [0.717, 1.165) is 17.5 Å². The van der Waals surface area contributed by atoms with Gasteiger partial charge in [0, 0.05) is 5.69 Å². The minimum atomic E-state index is -3.34. The molecule has 0 amide bonds. The van der Waals surface area contributed by atoms with Gasteiger partial charge in [0.05, 0.1) is 6.26 Å². The summed E-state index contributed by atoms with van der Waals surface area (Å²) in [4.78, 5) is 0. The number of hydrogen-bond donors (Lipinski definition) is 1. The van der Waals surface area contributed by atoms with E-state index < -0.39 is 10.0 Å². The van der Waals surface area contributed by atoms with Crippen LogP contribution in [0.15, 0.2) is 12.1 Å². The number of nitrogens with one attached hydrogen (secondary N) is 1. The summed E-state index contributed by atoms with van der Waals surface area (Å²) >= 11 is 0. The first-order valence-corrected chi connectivity index (χ1v) is 6.57. The Kier molecular flexibility index (Phi) is 2.34. The lowest BCUT2D eigenvalue weighted by atomic mass is 10.2. The average molecular weight is 240 g/mol. The molecule has 0 bridgehead atoms. The van der Waals surface area contributed by atoms with Crippen LogP contribution in [-0.4, -0.2) is 29.3 Å². The Bertz CT molecular complexity index is 645. The molecule has 86 valence electrons. The molecule has 0 saturated heterocycles. The number of sulfonamides is 1. The van der Waals surface area contributed by atoms with Gasteiger partial charge in [-0.15, -0.1) is 10.2 Å². The van der Waals surface area contributed by atoms with Gasteiger partial charge in [0.1, 0.15) is 0 Å². The van der Waals surface area contributed by atoms with Crippen molar-refractivity contribution in [3.8, 4) is 0 Å². The molecule has 0 spiro atoms. The zero-order valence-corrected chi connectivity index (χ0v) is 10.0. The van der Waals surface area contributed by atoms with Crippen LogP contribution in [0.1, 0.15) is 11.3 Å². The molecular weight excluding hydrogens is 228 g/mol. The van der Waals surface area contributed by atoms with Crippen molar-refractivity contribution in [2.75, 3.05) is 11.0 Å². The second-order valence-electron chi connectivity index (χ2n) is 3.71. The van der Waals surface area contributed by atoms with E-state index in [1.165, 1.54) is 0 Å². The van der Waals surface area contributed by atoms with Gasteiger partial charge in [-0.1, -0.05) is 6.07 Å². The molecule has 2 aromatic rings. The van der Waals surface area contributed by atoms with Crippen molar-refractivity contribution in [1.82, 2.24) is 14.6 Å². The predicted octanol–water partition coefficient (Wildman–Crippen LogP) is 0.718. The Morgan fingerprint density at radius 3 is 2.56 bits per heavy atom. The first-order valence-electron chi connectivity index (χ1n) is 4.67. The van der Waals surface area contributed by atoms with E-state index in [1.807, 2.05) is 26.0 Å².